The van der Waals surface area contributed by atoms with Gasteiger partial charge in [0.25, 0.3) is 5.56 Å². The van der Waals surface area contributed by atoms with Crippen LogP contribution in [0.2, 0.25) is 0 Å². The van der Waals surface area contributed by atoms with Crippen molar-refractivity contribution in [3.05, 3.63) is 44.0 Å². The maximum Gasteiger partial charge on any atom is 0.431 e. The molecule has 2 aromatic heterocycles. The molecule has 10 nitrogen and oxygen atoms in total. The van der Waals surface area contributed by atoms with Crippen molar-refractivity contribution in [1.82, 2.24) is 24.3 Å². The highest BCUT2D eigenvalue weighted by Gasteiger charge is 2.47. The van der Waals surface area contributed by atoms with E-state index in [9.17, 15) is 36.0 Å². The number of carbonyl (C=O) groups excluding carboxylic acids is 2. The smallest absolute Gasteiger partial charge is 0.356 e. The van der Waals surface area contributed by atoms with Gasteiger partial charge < -0.3 is 14.5 Å². The lowest BCUT2D eigenvalue weighted by atomic mass is 10.1. The van der Waals surface area contributed by atoms with E-state index in [1.165, 1.54) is 25.5 Å². The molecule has 3 heterocycles. The van der Waals surface area contributed by atoms with Crippen LogP contribution in [0.1, 0.15) is 51.0 Å². The molecule has 0 radical (unpaired) electrons. The van der Waals surface area contributed by atoms with Crippen LogP contribution in [0.25, 0.3) is 16.7 Å². The Morgan fingerprint density at radius 2 is 1.73 bits per heavy atom. The molecule has 15 heteroatoms. The molecule has 1 atom stereocenters. The summed E-state index contributed by atoms with van der Waals surface area (Å²) in [5, 5.41) is 2.78. The number of imide groups is 1. The lowest BCUT2D eigenvalue weighted by Gasteiger charge is -2.35. The number of allylic oxidation sites excluding steroid dienone is 1. The molecule has 2 aliphatic carbocycles. The lowest BCUT2D eigenvalue weighted by Crippen LogP contribution is -2.54. The molecule has 2 amide bonds. The number of aromatic nitrogens is 3. The molecule has 5 rings (SSSR count). The van der Waals surface area contributed by atoms with Gasteiger partial charge in [-0.15, -0.1) is 0 Å². The van der Waals surface area contributed by atoms with Gasteiger partial charge in [0.15, 0.2) is 15.7 Å². The van der Waals surface area contributed by atoms with E-state index < -0.39 is 45.2 Å². The number of aryl methyl sites for hydroxylation is 1. The van der Waals surface area contributed by atoms with Crippen molar-refractivity contribution in [2.75, 3.05) is 5.75 Å². The summed E-state index contributed by atoms with van der Waals surface area (Å²) < 4.78 is 69.3. The zero-order valence-electron chi connectivity index (χ0n) is 21.9. The number of dihydropyridines is 1. The first-order valence-electron chi connectivity index (χ1n) is 12.9. The maximum atomic E-state index is 13.8. The molecule has 0 spiro atoms. The maximum absolute atomic E-state index is 13.8. The van der Waals surface area contributed by atoms with Crippen molar-refractivity contribution in [2.45, 2.75) is 58.4 Å². The minimum absolute atomic E-state index is 0.120. The molecule has 1 unspecified atom stereocenters. The first-order valence-corrected chi connectivity index (χ1v) is 14.9. The summed E-state index contributed by atoms with van der Waals surface area (Å²) in [5.74, 6) is -2.10. The van der Waals surface area contributed by atoms with Gasteiger partial charge in [-0.2, -0.15) is 13.2 Å². The number of amides is 2. The Morgan fingerprint density at radius 1 is 1.15 bits per heavy atom. The quantitative estimate of drug-likeness (QED) is 0.484. The Bertz CT molecular complexity index is 1640. The van der Waals surface area contributed by atoms with Crippen molar-refractivity contribution in [1.29, 1.82) is 0 Å². The SMILES string of the molecule is CCn1c(C(F)(F)F)cc2nc(C3=C(S(=O)(=O)CC)C=C(Cl)C(N(C(=O)C4CC4)C(=O)C4CC4)N3)n(C)c2c1=O. The van der Waals surface area contributed by atoms with Crippen LogP contribution in [0.15, 0.2) is 26.9 Å². The van der Waals surface area contributed by atoms with Gasteiger partial charge in [-0.3, -0.25) is 19.3 Å². The fourth-order valence-corrected chi connectivity index (χ4v) is 6.23. The van der Waals surface area contributed by atoms with Gasteiger partial charge in [0.05, 0.1) is 26.9 Å². The number of hydrogen-bond donors (Lipinski definition) is 1. The summed E-state index contributed by atoms with van der Waals surface area (Å²) in [6.07, 6.45) is -2.54. The van der Waals surface area contributed by atoms with Gasteiger partial charge in [-0.05, 0) is 44.7 Å². The van der Waals surface area contributed by atoms with Crippen LogP contribution in [0.4, 0.5) is 13.2 Å². The Kier molecular flexibility index (Phi) is 6.93. The molecule has 0 aromatic carbocycles. The third-order valence-electron chi connectivity index (χ3n) is 7.32. The predicted molar refractivity (Wildman–Crippen MR) is 140 cm³/mol. The minimum atomic E-state index is -4.84. The van der Waals surface area contributed by atoms with Crippen LogP contribution in [0, 0.1) is 11.8 Å². The molecule has 2 aromatic rings. The van der Waals surface area contributed by atoms with E-state index in [4.69, 9.17) is 11.6 Å². The number of nitrogens with one attached hydrogen (secondary N) is 1. The lowest BCUT2D eigenvalue weighted by molar-refractivity contribution is -0.149. The summed E-state index contributed by atoms with van der Waals surface area (Å²) in [4.78, 5) is 44.6. The number of hydrogen-bond acceptors (Lipinski definition) is 7. The third-order valence-corrected chi connectivity index (χ3v) is 9.39. The van der Waals surface area contributed by atoms with Crippen molar-refractivity contribution in [2.24, 2.45) is 18.9 Å². The third kappa shape index (κ3) is 4.74. The van der Waals surface area contributed by atoms with E-state index in [1.54, 1.807) is 0 Å². The predicted octanol–water partition coefficient (Wildman–Crippen LogP) is 3.10. The molecule has 216 valence electrons. The summed E-state index contributed by atoms with van der Waals surface area (Å²) in [5.41, 5.74) is -2.79. The second-order valence-corrected chi connectivity index (χ2v) is 12.8. The number of carbonyl (C=O) groups is 2. The van der Waals surface area contributed by atoms with Crippen molar-refractivity contribution >= 4 is 50.0 Å². The second-order valence-electron chi connectivity index (χ2n) is 10.1. The number of imidazole rings is 1. The first kappa shape index (κ1) is 28.4. The summed E-state index contributed by atoms with van der Waals surface area (Å²) in [6.45, 7) is 2.54. The Labute approximate surface area is 232 Å². The highest BCUT2D eigenvalue weighted by molar-refractivity contribution is 7.95. The van der Waals surface area contributed by atoms with Gasteiger partial charge in [-0.25, -0.2) is 13.4 Å². The highest BCUT2D eigenvalue weighted by atomic mass is 35.5. The van der Waals surface area contributed by atoms with E-state index in [2.05, 4.69) is 10.3 Å². The molecule has 0 bridgehead atoms. The summed E-state index contributed by atoms with van der Waals surface area (Å²) >= 11 is 6.53. The highest BCUT2D eigenvalue weighted by Crippen LogP contribution is 2.40. The Balaban J connectivity index is 1.72. The Morgan fingerprint density at radius 3 is 2.20 bits per heavy atom. The summed E-state index contributed by atoms with van der Waals surface area (Å²) in [7, 11) is -2.63. The topological polar surface area (TPSA) is 123 Å². The molecule has 2 saturated carbocycles. The second kappa shape index (κ2) is 9.75. The molecule has 1 aliphatic heterocycles. The van der Waals surface area contributed by atoms with Crippen LogP contribution in [-0.4, -0.2) is 51.2 Å². The molecule has 0 saturated heterocycles. The van der Waals surface area contributed by atoms with Gasteiger partial charge in [-0.1, -0.05) is 18.5 Å². The van der Waals surface area contributed by atoms with E-state index in [0.717, 1.165) is 17.0 Å². The molecule has 2 fully saturated rings. The van der Waals surface area contributed by atoms with E-state index in [1.807, 2.05) is 0 Å². The van der Waals surface area contributed by atoms with Gasteiger partial charge in [0.2, 0.25) is 11.8 Å². The van der Waals surface area contributed by atoms with Crippen LogP contribution in [0.3, 0.4) is 0 Å². The van der Waals surface area contributed by atoms with Crippen molar-refractivity contribution in [3.63, 3.8) is 0 Å². The fourth-order valence-electron chi connectivity index (χ4n) is 4.82. The number of rotatable bonds is 7. The monoisotopic (exact) mass is 601 g/mol. The van der Waals surface area contributed by atoms with Gasteiger partial charge in [0, 0.05) is 25.4 Å². The van der Waals surface area contributed by atoms with E-state index >= 15 is 0 Å². The molecular formula is C25H27ClF3N5O5S. The first-order chi connectivity index (χ1) is 18.7. The van der Waals surface area contributed by atoms with Crippen molar-refractivity contribution < 1.29 is 31.2 Å². The number of nitrogens with zero attached hydrogens (tertiary/aromatic N) is 4. The van der Waals surface area contributed by atoms with Crippen LogP contribution >= 0.6 is 11.6 Å². The van der Waals surface area contributed by atoms with Gasteiger partial charge in [0.1, 0.15) is 17.4 Å². The molecular weight excluding hydrogens is 575 g/mol. The van der Waals surface area contributed by atoms with E-state index in [0.29, 0.717) is 30.3 Å². The zero-order chi connectivity index (χ0) is 29.3. The van der Waals surface area contributed by atoms with Crippen LogP contribution in [-0.2, 0) is 39.2 Å². The number of halogens is 4. The fraction of sp³-hybridized carbons (Fsp3) is 0.520. The standard InChI is InChI=1S/C25H27ClF3N5O5S/c1-4-33-17(25(27,28)29)11-15-19(24(33)37)32(3)21(30-15)18-16(40(38,39)5-2)10-14(26)20(31-18)34(22(35)12-6-7-12)23(36)13-8-9-13/h10-13,20,31H,4-9H2,1-3H3. The number of sulfone groups is 1. The minimum Gasteiger partial charge on any atom is -0.356 e. The Hall–Kier alpha value is -3.13. The van der Waals surface area contributed by atoms with Crippen LogP contribution in [0.5, 0.6) is 0 Å². The molecule has 3 aliphatic rings. The van der Waals surface area contributed by atoms with Crippen molar-refractivity contribution in [3.8, 4) is 0 Å². The average molecular weight is 602 g/mol. The zero-order valence-corrected chi connectivity index (χ0v) is 23.5. The van der Waals surface area contributed by atoms with Crippen LogP contribution < -0.4 is 10.9 Å². The average Bonchev–Trinajstić information content (AvgIpc) is 3.80. The van der Waals surface area contributed by atoms with Gasteiger partial charge >= 0.3 is 6.18 Å². The van der Waals surface area contributed by atoms with E-state index in [-0.39, 0.29) is 56.6 Å². The normalized spacial score (nSPS) is 20.0. The number of pyridine rings is 1. The number of fused-ring (bicyclic) bond motifs is 1. The number of alkyl halides is 3. The summed E-state index contributed by atoms with van der Waals surface area (Å²) in [6, 6.07) is 0.737. The molecule has 40 heavy (non-hydrogen) atoms. The largest absolute Gasteiger partial charge is 0.431 e. The molecule has 1 N–H and O–H groups in total.